The van der Waals surface area contributed by atoms with E-state index in [-0.39, 0.29) is 48.1 Å². The van der Waals surface area contributed by atoms with Gasteiger partial charge in [-0.25, -0.2) is 23.1 Å². The van der Waals surface area contributed by atoms with Gasteiger partial charge in [0.05, 0.1) is 17.4 Å². The molecular weight excluding hydrogens is 632 g/mol. The summed E-state index contributed by atoms with van der Waals surface area (Å²) in [5, 5.41) is 14.6. The summed E-state index contributed by atoms with van der Waals surface area (Å²) in [6, 6.07) is 4.03. The lowest BCUT2D eigenvalue weighted by atomic mass is 9.68. The van der Waals surface area contributed by atoms with Gasteiger partial charge in [0.15, 0.2) is 6.17 Å². The largest absolute Gasteiger partial charge is 0.416 e. The van der Waals surface area contributed by atoms with E-state index in [4.69, 9.17) is 4.98 Å². The lowest BCUT2D eigenvalue weighted by Crippen LogP contribution is -2.36. The molecule has 6 rings (SSSR count). The predicted octanol–water partition coefficient (Wildman–Crippen LogP) is 8.35. The Hall–Kier alpha value is -3.25. The first-order chi connectivity index (χ1) is 22.7. The number of rotatable bonds is 7. The van der Waals surface area contributed by atoms with Gasteiger partial charge in [-0.2, -0.15) is 13.2 Å². The molecule has 0 unspecified atom stereocenters. The number of hydrogen-bond acceptors (Lipinski definition) is 6. The predicted molar refractivity (Wildman–Crippen MR) is 171 cm³/mol. The van der Waals surface area contributed by atoms with Crippen LogP contribution in [-0.4, -0.2) is 46.1 Å². The van der Waals surface area contributed by atoms with Crippen molar-refractivity contribution in [2.45, 2.75) is 108 Å². The van der Waals surface area contributed by atoms with Crippen molar-refractivity contribution < 1.29 is 31.4 Å². The maximum atomic E-state index is 17.2. The van der Waals surface area contributed by atoms with Crippen LogP contribution in [-0.2, 0) is 19.1 Å². The molecule has 2 N–H and O–H groups in total. The van der Waals surface area contributed by atoms with Crippen LogP contribution in [0, 0.1) is 5.41 Å². The number of pyridine rings is 1. The maximum Gasteiger partial charge on any atom is 0.416 e. The fraction of sp³-hybridized carbons (Fsp3) is 0.583. The topological polar surface area (TPSA) is 74.2 Å². The molecule has 48 heavy (non-hydrogen) atoms. The third-order valence-corrected chi connectivity index (χ3v) is 10.3. The first kappa shape index (κ1) is 34.6. The number of fused-ring (bicyclic) bond motifs is 1. The van der Waals surface area contributed by atoms with E-state index >= 15 is 4.39 Å². The molecule has 3 aliphatic rings. The summed E-state index contributed by atoms with van der Waals surface area (Å²) in [6.07, 6.45) is -2.21. The third kappa shape index (κ3) is 7.20. The summed E-state index contributed by atoms with van der Waals surface area (Å²) in [5.41, 5.74) is 2.27. The van der Waals surface area contributed by atoms with Gasteiger partial charge in [-0.15, -0.1) is 0 Å². The molecule has 2 fully saturated rings. The summed E-state index contributed by atoms with van der Waals surface area (Å²) < 4.78 is 86.3. The van der Waals surface area contributed by atoms with E-state index in [1.165, 1.54) is 0 Å². The van der Waals surface area contributed by atoms with E-state index in [0.717, 1.165) is 29.8 Å². The van der Waals surface area contributed by atoms with Gasteiger partial charge in [0.2, 0.25) is 11.9 Å². The zero-order valence-corrected chi connectivity index (χ0v) is 27.6. The molecule has 0 spiro atoms. The van der Waals surface area contributed by atoms with Gasteiger partial charge in [0, 0.05) is 73.2 Å². The van der Waals surface area contributed by atoms with Crippen LogP contribution in [0.5, 0.6) is 0 Å². The summed E-state index contributed by atoms with van der Waals surface area (Å²) >= 11 is 0. The Labute approximate surface area is 277 Å². The molecule has 1 aliphatic heterocycles. The first-order valence-corrected chi connectivity index (χ1v) is 16.8. The lowest BCUT2D eigenvalue weighted by Gasteiger charge is -2.41. The van der Waals surface area contributed by atoms with Crippen LogP contribution in [0.2, 0.25) is 0 Å². The fourth-order valence-corrected chi connectivity index (χ4v) is 7.88. The van der Waals surface area contributed by atoms with Gasteiger partial charge in [-0.05, 0) is 80.2 Å². The minimum Gasteiger partial charge on any atom is -0.388 e. The summed E-state index contributed by atoms with van der Waals surface area (Å²) in [6.45, 7) is 5.87. The molecule has 1 saturated carbocycles. The van der Waals surface area contributed by atoms with Crippen molar-refractivity contribution in [1.29, 1.82) is 0 Å². The molecule has 2 atom stereocenters. The molecule has 3 aromatic rings. The number of nitrogens with one attached hydrogen (secondary N) is 1. The van der Waals surface area contributed by atoms with Crippen LogP contribution < -0.4 is 10.2 Å². The molecule has 1 aromatic carbocycles. The number of alkyl halides is 6. The van der Waals surface area contributed by atoms with Crippen LogP contribution >= 0.6 is 0 Å². The number of aliphatic hydroxyl groups is 1. The van der Waals surface area contributed by atoms with Crippen LogP contribution in [0.3, 0.4) is 0 Å². The average Bonchev–Trinajstić information content (AvgIpc) is 3.03. The molecule has 2 aromatic heterocycles. The molecule has 12 heteroatoms. The van der Waals surface area contributed by atoms with Crippen LogP contribution in [0.15, 0.2) is 36.7 Å². The molecule has 6 nitrogen and oxygen atoms in total. The van der Waals surface area contributed by atoms with Crippen molar-refractivity contribution in [3.05, 3.63) is 81.4 Å². The smallest absolute Gasteiger partial charge is 0.388 e. The van der Waals surface area contributed by atoms with Gasteiger partial charge in [0.1, 0.15) is 0 Å². The number of benzene rings is 1. The highest BCUT2D eigenvalue weighted by molar-refractivity contribution is 5.51. The number of nitrogens with zero attached hydrogens (tertiary/aromatic N) is 4. The molecule has 0 amide bonds. The maximum absolute atomic E-state index is 17.2. The Balaban J connectivity index is 1.44. The Morgan fingerprint density at radius 1 is 0.958 bits per heavy atom. The summed E-state index contributed by atoms with van der Waals surface area (Å²) in [4.78, 5) is 16.2. The van der Waals surface area contributed by atoms with Gasteiger partial charge < -0.3 is 15.3 Å². The lowest BCUT2D eigenvalue weighted by molar-refractivity contribution is -0.137. The van der Waals surface area contributed by atoms with Crippen LogP contribution in [0.4, 0.5) is 32.3 Å². The van der Waals surface area contributed by atoms with Crippen molar-refractivity contribution >= 4 is 5.95 Å². The highest BCUT2D eigenvalue weighted by Gasteiger charge is 2.43. The van der Waals surface area contributed by atoms with Gasteiger partial charge in [-0.3, -0.25) is 4.98 Å². The van der Waals surface area contributed by atoms with Crippen molar-refractivity contribution in [3.8, 4) is 0 Å². The molecule has 260 valence electrons. The average molecular weight is 676 g/mol. The number of aliphatic hydroxyl groups excluding tert-OH is 1. The Kier molecular flexibility index (Phi) is 9.54. The van der Waals surface area contributed by atoms with Gasteiger partial charge in [-0.1, -0.05) is 26.0 Å². The van der Waals surface area contributed by atoms with E-state index in [0.29, 0.717) is 73.8 Å². The van der Waals surface area contributed by atoms with E-state index in [1.54, 1.807) is 12.4 Å². The normalized spacial score (nSPS) is 22.4. The van der Waals surface area contributed by atoms with Crippen molar-refractivity contribution in [1.82, 2.24) is 20.3 Å². The van der Waals surface area contributed by atoms with E-state index < -0.39 is 35.9 Å². The van der Waals surface area contributed by atoms with E-state index in [1.807, 2.05) is 20.9 Å². The standard InChI is InChI=1S/C36H43F6N5O/c1-34(2)16-26-29(27(48)17-34)28(22-8-12-35(38,39)13-9-22)30(31(37)23-4-6-25(7-5-23)36(40,41)42)32(46-26)24-10-14-47(15-11-24)33-44-19-21(18-43-3)20-45-33/h4-7,19-20,22,24,27,31,43,48H,8-18H2,1-3H3/t27-,31-/m0/s1. The zero-order chi connectivity index (χ0) is 34.4. The monoisotopic (exact) mass is 675 g/mol. The van der Waals surface area contributed by atoms with Crippen LogP contribution in [0.1, 0.15) is 128 Å². The van der Waals surface area contributed by atoms with Crippen molar-refractivity contribution in [3.63, 3.8) is 0 Å². The number of aromatic nitrogens is 3. The number of hydrogen-bond donors (Lipinski definition) is 2. The highest BCUT2D eigenvalue weighted by Crippen LogP contribution is 2.52. The second-order valence-corrected chi connectivity index (χ2v) is 14.5. The first-order valence-electron chi connectivity index (χ1n) is 16.8. The number of piperidine rings is 1. The quantitative estimate of drug-likeness (QED) is 0.245. The number of anilines is 1. The molecule has 0 bridgehead atoms. The number of halogens is 6. The third-order valence-electron chi connectivity index (χ3n) is 10.3. The minimum absolute atomic E-state index is 0.0338. The summed E-state index contributed by atoms with van der Waals surface area (Å²) in [7, 11) is 1.85. The van der Waals surface area contributed by atoms with Gasteiger partial charge in [0.25, 0.3) is 0 Å². The van der Waals surface area contributed by atoms with E-state index in [9.17, 15) is 27.1 Å². The zero-order valence-electron chi connectivity index (χ0n) is 27.6. The fourth-order valence-electron chi connectivity index (χ4n) is 7.88. The Morgan fingerprint density at radius 2 is 1.58 bits per heavy atom. The Morgan fingerprint density at radius 3 is 2.17 bits per heavy atom. The molecule has 0 radical (unpaired) electrons. The molecule has 2 aliphatic carbocycles. The SMILES string of the molecule is CNCc1cnc(N2CCC(c3nc4c(c(C5CCC(F)(F)CC5)c3[C@@H](F)c3ccc(C(F)(F)F)cc3)[C@@H](O)CC(C)(C)C4)CC2)nc1. The second-order valence-electron chi connectivity index (χ2n) is 14.5. The molecule has 1 saturated heterocycles. The summed E-state index contributed by atoms with van der Waals surface area (Å²) in [5.74, 6) is -2.88. The molecular formula is C36H43F6N5O. The Bertz CT molecular complexity index is 1580. The van der Waals surface area contributed by atoms with Crippen LogP contribution in [0.25, 0.3) is 0 Å². The minimum atomic E-state index is -4.58. The van der Waals surface area contributed by atoms with Crippen molar-refractivity contribution in [2.24, 2.45) is 5.41 Å². The molecule has 3 heterocycles. The van der Waals surface area contributed by atoms with E-state index in [2.05, 4.69) is 20.2 Å². The highest BCUT2D eigenvalue weighted by atomic mass is 19.4. The van der Waals surface area contributed by atoms with Crippen molar-refractivity contribution in [2.75, 3.05) is 25.0 Å². The second kappa shape index (κ2) is 13.2. The van der Waals surface area contributed by atoms with Gasteiger partial charge >= 0.3 is 6.18 Å².